The maximum absolute atomic E-state index is 12.5. The summed E-state index contributed by atoms with van der Waals surface area (Å²) in [5.41, 5.74) is -0.833. The number of hydrogen-bond donors (Lipinski definition) is 2. The summed E-state index contributed by atoms with van der Waals surface area (Å²) in [5.74, 6) is -0.790. The summed E-state index contributed by atoms with van der Waals surface area (Å²) in [4.78, 5) is 29.7. The number of aromatic carboxylic acids is 1. The summed E-state index contributed by atoms with van der Waals surface area (Å²) in [5, 5.41) is 21.6. The van der Waals surface area contributed by atoms with E-state index in [2.05, 4.69) is 18.8 Å². The van der Waals surface area contributed by atoms with Gasteiger partial charge in [0.15, 0.2) is 0 Å². The van der Waals surface area contributed by atoms with Crippen molar-refractivity contribution in [3.8, 4) is 0 Å². The Balaban J connectivity index is 2.03. The van der Waals surface area contributed by atoms with E-state index < -0.39 is 28.7 Å². The molecule has 1 aromatic carbocycles. The Morgan fingerprint density at radius 1 is 1.09 bits per heavy atom. The molecule has 1 saturated heterocycles. The van der Waals surface area contributed by atoms with Crippen LogP contribution in [0, 0.1) is 5.41 Å². The van der Waals surface area contributed by atoms with Gasteiger partial charge in [-0.1, -0.05) is 45.0 Å². The number of benzene rings is 1. The second kappa shape index (κ2) is 8.20. The smallest absolute Gasteiger partial charge is 0.410 e. The molecule has 1 aromatic heterocycles. The molecule has 2 aromatic rings. The van der Waals surface area contributed by atoms with Crippen LogP contribution in [0.5, 0.6) is 0 Å². The third-order valence-electron chi connectivity index (χ3n) is 6.00. The Morgan fingerprint density at radius 2 is 1.69 bits per heavy atom. The summed E-state index contributed by atoms with van der Waals surface area (Å²) in [6, 6.07) is 9.11. The van der Waals surface area contributed by atoms with Crippen molar-refractivity contribution < 1.29 is 24.5 Å². The number of hydrogen-bond acceptors (Lipinski definition) is 5. The molecular formula is C25H32N2O5. The van der Waals surface area contributed by atoms with Crippen LogP contribution in [-0.2, 0) is 10.3 Å². The van der Waals surface area contributed by atoms with Crippen LogP contribution in [0.15, 0.2) is 42.7 Å². The molecule has 2 heterocycles. The van der Waals surface area contributed by atoms with Crippen LogP contribution >= 0.6 is 0 Å². The monoisotopic (exact) mass is 440 g/mol. The van der Waals surface area contributed by atoms with E-state index in [0.717, 1.165) is 5.56 Å². The molecule has 172 valence electrons. The van der Waals surface area contributed by atoms with Crippen molar-refractivity contribution in [2.24, 2.45) is 5.41 Å². The first kappa shape index (κ1) is 23.7. The average molecular weight is 441 g/mol. The molecule has 1 aliphatic heterocycles. The molecule has 1 fully saturated rings. The summed E-state index contributed by atoms with van der Waals surface area (Å²) >= 11 is 0. The normalized spacial score (nSPS) is 17.4. The zero-order valence-electron chi connectivity index (χ0n) is 19.5. The zero-order chi connectivity index (χ0) is 23.9. The number of ether oxygens (including phenoxy) is 1. The molecule has 32 heavy (non-hydrogen) atoms. The molecule has 3 rings (SSSR count). The van der Waals surface area contributed by atoms with Gasteiger partial charge < -0.3 is 19.8 Å². The van der Waals surface area contributed by atoms with E-state index in [1.54, 1.807) is 25.7 Å². The quantitative estimate of drug-likeness (QED) is 0.715. The Hall–Kier alpha value is -2.93. The average Bonchev–Trinajstić information content (AvgIpc) is 2.69. The predicted molar refractivity (Wildman–Crippen MR) is 121 cm³/mol. The molecule has 0 saturated carbocycles. The maximum atomic E-state index is 12.5. The summed E-state index contributed by atoms with van der Waals surface area (Å²) in [6.45, 7) is 12.0. The fraction of sp³-hybridized carbons (Fsp3) is 0.480. The van der Waals surface area contributed by atoms with Gasteiger partial charge in [-0.05, 0) is 43.9 Å². The van der Waals surface area contributed by atoms with E-state index in [0.29, 0.717) is 17.0 Å². The Morgan fingerprint density at radius 3 is 2.19 bits per heavy atom. The third-order valence-corrected chi connectivity index (χ3v) is 6.00. The number of carbonyl (C=O) groups excluding carboxylic acids is 1. The predicted octanol–water partition coefficient (Wildman–Crippen LogP) is 4.40. The van der Waals surface area contributed by atoms with Gasteiger partial charge in [-0.25, -0.2) is 9.59 Å². The molecule has 1 aliphatic rings. The maximum Gasteiger partial charge on any atom is 0.410 e. The number of aromatic nitrogens is 1. The largest absolute Gasteiger partial charge is 0.478 e. The Labute approximate surface area is 189 Å². The van der Waals surface area contributed by atoms with Crippen molar-refractivity contribution in [3.05, 3.63) is 65.0 Å². The molecule has 0 radical (unpaired) electrons. The first-order valence-electron chi connectivity index (χ1n) is 10.8. The Kier molecular flexibility index (Phi) is 6.08. The van der Waals surface area contributed by atoms with Gasteiger partial charge in [0.1, 0.15) is 11.2 Å². The SMILES string of the molecule is CC(C)c1ccc([C@](O)(c2cncc(C(=O)O)c2)C2(C)CN(C(=O)OC(C)(C)C)C2)cc1. The number of amides is 1. The first-order chi connectivity index (χ1) is 14.8. The third kappa shape index (κ3) is 4.35. The molecule has 1 amide bonds. The van der Waals surface area contributed by atoms with Crippen LogP contribution in [0.4, 0.5) is 4.79 Å². The van der Waals surface area contributed by atoms with Gasteiger partial charge in [-0.15, -0.1) is 0 Å². The number of carboxylic acids is 1. The minimum absolute atomic E-state index is 0.00773. The van der Waals surface area contributed by atoms with Gasteiger partial charge >= 0.3 is 12.1 Å². The summed E-state index contributed by atoms with van der Waals surface area (Å²) in [7, 11) is 0. The zero-order valence-corrected chi connectivity index (χ0v) is 19.5. The number of pyridine rings is 1. The summed E-state index contributed by atoms with van der Waals surface area (Å²) < 4.78 is 5.47. The highest BCUT2D eigenvalue weighted by molar-refractivity contribution is 5.87. The van der Waals surface area contributed by atoms with Crippen LogP contribution in [0.3, 0.4) is 0 Å². The molecule has 0 spiro atoms. The lowest BCUT2D eigenvalue weighted by Crippen LogP contribution is -2.66. The van der Waals surface area contributed by atoms with Crippen molar-refractivity contribution in [3.63, 3.8) is 0 Å². The molecule has 7 nitrogen and oxygen atoms in total. The first-order valence-corrected chi connectivity index (χ1v) is 10.8. The highest BCUT2D eigenvalue weighted by atomic mass is 16.6. The molecule has 1 atom stereocenters. The van der Waals surface area contributed by atoms with Crippen molar-refractivity contribution >= 4 is 12.1 Å². The topological polar surface area (TPSA) is 100.0 Å². The van der Waals surface area contributed by atoms with Crippen LogP contribution in [-0.4, -0.2) is 50.9 Å². The lowest BCUT2D eigenvalue weighted by atomic mass is 9.62. The van der Waals surface area contributed by atoms with Gasteiger partial charge in [0.05, 0.1) is 5.56 Å². The second-order valence-corrected chi connectivity index (χ2v) is 10.2. The van der Waals surface area contributed by atoms with E-state index in [9.17, 15) is 19.8 Å². The Bertz CT molecular complexity index is 1000. The van der Waals surface area contributed by atoms with Crippen molar-refractivity contribution in [1.82, 2.24) is 9.88 Å². The van der Waals surface area contributed by atoms with Gasteiger partial charge in [-0.3, -0.25) is 4.98 Å². The lowest BCUT2D eigenvalue weighted by molar-refractivity contribution is -0.131. The van der Waals surface area contributed by atoms with Crippen LogP contribution in [0.2, 0.25) is 0 Å². The van der Waals surface area contributed by atoms with Gasteiger partial charge in [0.2, 0.25) is 0 Å². The standard InChI is InChI=1S/C25H32N2O5/c1-16(2)17-7-9-19(10-8-17)25(31,20-11-18(21(28)29)12-26-13-20)24(6)14-27(15-24)22(30)32-23(3,4)5/h7-13,16,31H,14-15H2,1-6H3,(H,28,29)/t25-/m0/s1. The second-order valence-electron chi connectivity index (χ2n) is 10.2. The van der Waals surface area contributed by atoms with Crippen molar-refractivity contribution in [2.75, 3.05) is 13.1 Å². The van der Waals surface area contributed by atoms with Crippen molar-refractivity contribution in [1.29, 1.82) is 0 Å². The van der Waals surface area contributed by atoms with Gasteiger partial charge in [0.25, 0.3) is 0 Å². The highest BCUT2D eigenvalue weighted by Gasteiger charge is 2.58. The van der Waals surface area contributed by atoms with E-state index in [4.69, 9.17) is 4.74 Å². The number of likely N-dealkylation sites (tertiary alicyclic amines) is 1. The van der Waals surface area contributed by atoms with Gasteiger partial charge in [0, 0.05) is 36.5 Å². The molecule has 0 unspecified atom stereocenters. The summed E-state index contributed by atoms with van der Waals surface area (Å²) in [6.07, 6.45) is 2.30. The van der Waals surface area contributed by atoms with Gasteiger partial charge in [-0.2, -0.15) is 0 Å². The number of aliphatic hydroxyl groups is 1. The van der Waals surface area contributed by atoms with Crippen LogP contribution in [0.1, 0.15) is 74.5 Å². The highest BCUT2D eigenvalue weighted by Crippen LogP contribution is 2.51. The van der Waals surface area contributed by atoms with E-state index in [1.165, 1.54) is 18.5 Å². The van der Waals surface area contributed by atoms with Crippen molar-refractivity contribution in [2.45, 2.75) is 58.7 Å². The number of carboxylic acid groups (broad SMARTS) is 1. The minimum Gasteiger partial charge on any atom is -0.478 e. The molecule has 7 heteroatoms. The van der Waals surface area contributed by atoms with E-state index >= 15 is 0 Å². The minimum atomic E-state index is -1.56. The van der Waals surface area contributed by atoms with Crippen LogP contribution < -0.4 is 0 Å². The number of rotatable bonds is 5. The fourth-order valence-electron chi connectivity index (χ4n) is 4.21. The van der Waals surface area contributed by atoms with E-state index in [-0.39, 0.29) is 18.7 Å². The molecule has 2 N–H and O–H groups in total. The van der Waals surface area contributed by atoms with Crippen LogP contribution in [0.25, 0.3) is 0 Å². The molecular weight excluding hydrogens is 408 g/mol. The molecule has 0 bridgehead atoms. The van der Waals surface area contributed by atoms with E-state index in [1.807, 2.05) is 31.2 Å². The fourth-order valence-corrected chi connectivity index (χ4v) is 4.21. The molecule has 0 aliphatic carbocycles. The lowest BCUT2D eigenvalue weighted by Gasteiger charge is -2.56. The number of carbonyl (C=O) groups is 2. The number of nitrogens with zero attached hydrogens (tertiary/aromatic N) is 2.